The van der Waals surface area contributed by atoms with Crippen LogP contribution in [-0.4, -0.2) is 39.1 Å². The maximum atomic E-state index is 13.3. The molecule has 3 heterocycles. The molecule has 1 fully saturated rings. The molecule has 1 aliphatic heterocycles. The van der Waals surface area contributed by atoms with Crippen LogP contribution in [0.5, 0.6) is 5.75 Å². The van der Waals surface area contributed by atoms with Gasteiger partial charge in [0, 0.05) is 41.8 Å². The Morgan fingerprint density at radius 2 is 2.09 bits per heavy atom. The summed E-state index contributed by atoms with van der Waals surface area (Å²) in [5.41, 5.74) is 3.89. The van der Waals surface area contributed by atoms with Gasteiger partial charge in [-0.15, -0.1) is 0 Å². The molecule has 32 heavy (non-hydrogen) atoms. The lowest BCUT2D eigenvalue weighted by atomic mass is 10.1. The smallest absolute Gasteiger partial charge is 0.227 e. The molecule has 0 radical (unpaired) electrons. The van der Waals surface area contributed by atoms with Gasteiger partial charge in [-0.25, -0.2) is 4.39 Å². The second kappa shape index (κ2) is 8.86. The standard InChI is InChI=1S/C25H25FN4O2/c26-18-5-3-6-20(14-18)32-12-10-19-15-23(29-28-19)24-9-4-11-30(24)25(31)13-17-16-27-22-8-2-1-7-21(17)22/h1-3,5-8,14-16,24,27H,4,9-13H2,(H,28,29)/t24-/m0/s1. The first-order valence-electron chi connectivity index (χ1n) is 10.9. The first-order valence-corrected chi connectivity index (χ1v) is 10.9. The van der Waals surface area contributed by atoms with Gasteiger partial charge >= 0.3 is 0 Å². The van der Waals surface area contributed by atoms with Gasteiger partial charge in [0.25, 0.3) is 0 Å². The molecular weight excluding hydrogens is 407 g/mol. The molecule has 0 spiro atoms. The largest absolute Gasteiger partial charge is 0.493 e. The van der Waals surface area contributed by atoms with E-state index in [9.17, 15) is 9.18 Å². The zero-order valence-corrected chi connectivity index (χ0v) is 17.7. The lowest BCUT2D eigenvalue weighted by Gasteiger charge is -2.23. The molecule has 0 saturated carbocycles. The molecule has 0 aliphatic carbocycles. The number of amides is 1. The number of likely N-dealkylation sites (tertiary alicyclic amines) is 1. The van der Waals surface area contributed by atoms with Gasteiger partial charge < -0.3 is 14.6 Å². The van der Waals surface area contributed by atoms with E-state index in [1.165, 1.54) is 12.1 Å². The molecule has 2 aromatic carbocycles. The van der Waals surface area contributed by atoms with E-state index in [1.54, 1.807) is 12.1 Å². The fraction of sp³-hybridized carbons (Fsp3) is 0.280. The zero-order valence-electron chi connectivity index (χ0n) is 17.7. The highest BCUT2D eigenvalue weighted by Crippen LogP contribution is 2.32. The fourth-order valence-corrected chi connectivity index (χ4v) is 4.43. The number of H-pyrrole nitrogens is 2. The third kappa shape index (κ3) is 4.23. The first kappa shape index (κ1) is 20.3. The summed E-state index contributed by atoms with van der Waals surface area (Å²) in [6, 6.07) is 16.2. The molecule has 4 aromatic rings. The summed E-state index contributed by atoms with van der Waals surface area (Å²) in [5.74, 6) is 0.316. The molecule has 0 unspecified atom stereocenters. The fourth-order valence-electron chi connectivity index (χ4n) is 4.43. The maximum Gasteiger partial charge on any atom is 0.227 e. The predicted octanol–water partition coefficient (Wildman–Crippen LogP) is 4.56. The van der Waals surface area contributed by atoms with E-state index in [-0.39, 0.29) is 17.8 Å². The first-order chi connectivity index (χ1) is 15.7. The Hall–Kier alpha value is -3.61. The van der Waals surface area contributed by atoms with Crippen LogP contribution < -0.4 is 4.74 Å². The number of aromatic amines is 2. The van der Waals surface area contributed by atoms with Crippen molar-refractivity contribution in [3.8, 4) is 5.75 Å². The van der Waals surface area contributed by atoms with Gasteiger partial charge in [0.05, 0.1) is 24.8 Å². The SMILES string of the molecule is O=C(Cc1c[nH]c2ccccc12)N1CCC[C@H]1c1cc(CCOc2cccc(F)c2)[nH]n1. The van der Waals surface area contributed by atoms with Gasteiger partial charge in [0.2, 0.25) is 5.91 Å². The third-order valence-electron chi connectivity index (χ3n) is 6.02. The summed E-state index contributed by atoms with van der Waals surface area (Å²) in [7, 11) is 0. The number of carbonyl (C=O) groups excluding carboxylic acids is 1. The van der Waals surface area contributed by atoms with Crippen LogP contribution in [0, 0.1) is 5.82 Å². The maximum absolute atomic E-state index is 13.3. The van der Waals surface area contributed by atoms with Crippen molar-refractivity contribution >= 4 is 16.8 Å². The number of fused-ring (bicyclic) bond motifs is 1. The molecule has 1 aliphatic rings. The van der Waals surface area contributed by atoms with E-state index in [4.69, 9.17) is 4.74 Å². The minimum absolute atomic E-state index is 0.0122. The number of benzene rings is 2. The minimum atomic E-state index is -0.315. The van der Waals surface area contributed by atoms with Crippen LogP contribution in [0.25, 0.3) is 10.9 Å². The molecule has 1 saturated heterocycles. The van der Waals surface area contributed by atoms with E-state index in [0.717, 1.165) is 47.2 Å². The summed E-state index contributed by atoms with van der Waals surface area (Å²) in [6.45, 7) is 1.16. The molecule has 1 atom stereocenters. The number of hydrogen-bond donors (Lipinski definition) is 2. The van der Waals surface area contributed by atoms with Crippen LogP contribution in [0.4, 0.5) is 4.39 Å². The Bertz CT molecular complexity index is 1230. The van der Waals surface area contributed by atoms with Gasteiger partial charge in [0.1, 0.15) is 11.6 Å². The average Bonchev–Trinajstić information content (AvgIpc) is 3.54. The van der Waals surface area contributed by atoms with Crippen molar-refractivity contribution in [2.24, 2.45) is 0 Å². The van der Waals surface area contributed by atoms with E-state index in [0.29, 0.717) is 25.2 Å². The summed E-state index contributed by atoms with van der Waals surface area (Å²) in [4.78, 5) is 18.3. The van der Waals surface area contributed by atoms with Crippen LogP contribution >= 0.6 is 0 Å². The molecule has 2 aromatic heterocycles. The third-order valence-corrected chi connectivity index (χ3v) is 6.02. The number of aromatic nitrogens is 3. The second-order valence-corrected chi connectivity index (χ2v) is 8.16. The lowest BCUT2D eigenvalue weighted by Crippen LogP contribution is -2.32. The Balaban J connectivity index is 1.21. The van der Waals surface area contributed by atoms with Gasteiger partial charge in [-0.05, 0) is 42.7 Å². The van der Waals surface area contributed by atoms with Crippen molar-refractivity contribution in [2.45, 2.75) is 31.7 Å². The molecule has 2 N–H and O–H groups in total. The van der Waals surface area contributed by atoms with Crippen molar-refractivity contribution in [2.75, 3.05) is 13.2 Å². The highest BCUT2D eigenvalue weighted by Gasteiger charge is 2.31. The second-order valence-electron chi connectivity index (χ2n) is 8.16. The van der Waals surface area contributed by atoms with Gasteiger partial charge in [-0.1, -0.05) is 24.3 Å². The Labute approximate surface area is 185 Å². The van der Waals surface area contributed by atoms with Crippen molar-refractivity contribution in [1.82, 2.24) is 20.1 Å². The molecular formula is C25H25FN4O2. The normalized spacial score (nSPS) is 16.0. The van der Waals surface area contributed by atoms with Gasteiger partial charge in [-0.2, -0.15) is 5.10 Å². The molecule has 0 bridgehead atoms. The highest BCUT2D eigenvalue weighted by atomic mass is 19.1. The van der Waals surface area contributed by atoms with Gasteiger partial charge in [0.15, 0.2) is 0 Å². The summed E-state index contributed by atoms with van der Waals surface area (Å²) >= 11 is 0. The molecule has 7 heteroatoms. The van der Waals surface area contributed by atoms with Crippen LogP contribution in [0.1, 0.15) is 35.8 Å². The minimum Gasteiger partial charge on any atom is -0.493 e. The van der Waals surface area contributed by atoms with E-state index in [2.05, 4.69) is 15.2 Å². The van der Waals surface area contributed by atoms with Crippen molar-refractivity contribution < 1.29 is 13.9 Å². The molecule has 6 nitrogen and oxygen atoms in total. The Morgan fingerprint density at radius 3 is 3.00 bits per heavy atom. The van der Waals surface area contributed by atoms with E-state index in [1.807, 2.05) is 41.4 Å². The lowest BCUT2D eigenvalue weighted by molar-refractivity contribution is -0.131. The summed E-state index contributed by atoms with van der Waals surface area (Å²) in [5, 5.41) is 8.63. The van der Waals surface area contributed by atoms with E-state index < -0.39 is 0 Å². The molecule has 5 rings (SSSR count). The Morgan fingerprint density at radius 1 is 1.19 bits per heavy atom. The number of rotatable bonds is 7. The number of carbonyl (C=O) groups is 1. The quantitative estimate of drug-likeness (QED) is 0.450. The zero-order chi connectivity index (χ0) is 21.9. The number of para-hydroxylation sites is 1. The van der Waals surface area contributed by atoms with Crippen LogP contribution in [-0.2, 0) is 17.6 Å². The van der Waals surface area contributed by atoms with Gasteiger partial charge in [-0.3, -0.25) is 9.89 Å². The Kier molecular flexibility index (Phi) is 5.62. The van der Waals surface area contributed by atoms with Crippen LogP contribution in [0.15, 0.2) is 60.8 Å². The highest BCUT2D eigenvalue weighted by molar-refractivity contribution is 5.89. The van der Waals surface area contributed by atoms with Crippen LogP contribution in [0.2, 0.25) is 0 Å². The number of halogens is 1. The summed E-state index contributed by atoms with van der Waals surface area (Å²) in [6.07, 6.45) is 4.80. The predicted molar refractivity (Wildman–Crippen MR) is 120 cm³/mol. The number of ether oxygens (including phenoxy) is 1. The molecule has 164 valence electrons. The van der Waals surface area contributed by atoms with Crippen molar-refractivity contribution in [3.63, 3.8) is 0 Å². The van der Waals surface area contributed by atoms with Crippen LogP contribution in [0.3, 0.4) is 0 Å². The van der Waals surface area contributed by atoms with E-state index >= 15 is 0 Å². The molecule has 1 amide bonds. The monoisotopic (exact) mass is 432 g/mol. The average molecular weight is 432 g/mol. The van der Waals surface area contributed by atoms with Crippen molar-refractivity contribution in [3.05, 3.63) is 83.6 Å². The van der Waals surface area contributed by atoms with Crippen molar-refractivity contribution in [1.29, 1.82) is 0 Å². The number of nitrogens with zero attached hydrogens (tertiary/aromatic N) is 2. The number of hydrogen-bond acceptors (Lipinski definition) is 3. The topological polar surface area (TPSA) is 74.0 Å². The number of nitrogens with one attached hydrogen (secondary N) is 2. The summed E-state index contributed by atoms with van der Waals surface area (Å²) < 4.78 is 18.9.